The monoisotopic (exact) mass is 836 g/mol. The van der Waals surface area contributed by atoms with E-state index in [1.54, 1.807) is 24.3 Å². The third kappa shape index (κ3) is 8.96. The van der Waals surface area contributed by atoms with Crippen LogP contribution < -0.4 is 18.9 Å². The van der Waals surface area contributed by atoms with Crippen molar-refractivity contribution in [2.24, 2.45) is 0 Å². The maximum atomic E-state index is 12.9. The van der Waals surface area contributed by atoms with Gasteiger partial charge in [-0.2, -0.15) is 0 Å². The summed E-state index contributed by atoms with van der Waals surface area (Å²) in [4.78, 5) is 25.5. The molecule has 318 valence electrons. The molecule has 63 heavy (non-hydrogen) atoms. The zero-order chi connectivity index (χ0) is 44.2. The van der Waals surface area contributed by atoms with Gasteiger partial charge in [0.1, 0.15) is 28.7 Å². The number of esters is 2. The molecule has 0 aromatic heterocycles. The molecule has 1 N–H and O–H groups in total. The number of carbonyl (C=O) groups excluding carboxylic acids is 2. The summed E-state index contributed by atoms with van der Waals surface area (Å²) in [7, 11) is 0. The fourth-order valence-corrected chi connectivity index (χ4v) is 8.50. The highest BCUT2D eigenvalue weighted by Gasteiger charge is 2.46. The molecule has 0 heterocycles. The Morgan fingerprint density at radius 3 is 1.24 bits per heavy atom. The van der Waals surface area contributed by atoms with E-state index in [0.29, 0.717) is 23.0 Å². The minimum absolute atomic E-state index is 0.0172. The molecule has 0 aliphatic heterocycles. The molecule has 7 aromatic rings. The molecule has 0 unspecified atom stereocenters. The van der Waals surface area contributed by atoms with E-state index in [-0.39, 0.29) is 54.6 Å². The molecule has 0 saturated carbocycles. The van der Waals surface area contributed by atoms with Gasteiger partial charge in [0.15, 0.2) is 0 Å². The van der Waals surface area contributed by atoms with Crippen LogP contribution in [0.25, 0.3) is 11.1 Å². The summed E-state index contributed by atoms with van der Waals surface area (Å²) in [5.74, 6) is 1.78. The highest BCUT2D eigenvalue weighted by molar-refractivity contribution is 5.86. The van der Waals surface area contributed by atoms with Crippen LogP contribution in [0.3, 0.4) is 0 Å². The molecule has 7 heteroatoms. The van der Waals surface area contributed by atoms with Crippen LogP contribution in [0.1, 0.15) is 86.4 Å². The second-order valence-corrected chi connectivity index (χ2v) is 17.5. The molecule has 8 rings (SSSR count). The number of ether oxygens (including phenoxy) is 4. The van der Waals surface area contributed by atoms with E-state index < -0.39 is 5.41 Å². The summed E-state index contributed by atoms with van der Waals surface area (Å²) >= 11 is 0. The second kappa shape index (κ2) is 17.7. The van der Waals surface area contributed by atoms with Gasteiger partial charge in [-0.25, -0.2) is 0 Å². The van der Waals surface area contributed by atoms with Gasteiger partial charge in [0, 0.05) is 5.41 Å². The molecule has 0 radical (unpaired) electrons. The first-order valence-electron chi connectivity index (χ1n) is 21.4. The van der Waals surface area contributed by atoms with E-state index in [2.05, 4.69) is 107 Å². The van der Waals surface area contributed by atoms with Crippen molar-refractivity contribution in [3.8, 4) is 39.9 Å². The highest BCUT2D eigenvalue weighted by atomic mass is 16.5. The number of hydrogen-bond donors (Lipinski definition) is 1. The van der Waals surface area contributed by atoms with E-state index in [9.17, 15) is 14.7 Å². The van der Waals surface area contributed by atoms with Crippen molar-refractivity contribution in [2.45, 2.75) is 63.7 Å². The van der Waals surface area contributed by atoms with E-state index in [0.717, 1.165) is 22.3 Å². The van der Waals surface area contributed by atoms with Crippen LogP contribution >= 0.6 is 0 Å². The molecule has 0 saturated heterocycles. The summed E-state index contributed by atoms with van der Waals surface area (Å²) in [6.07, 6.45) is 0.188. The van der Waals surface area contributed by atoms with Crippen LogP contribution in [0.2, 0.25) is 0 Å². The van der Waals surface area contributed by atoms with Crippen molar-refractivity contribution in [2.75, 3.05) is 13.2 Å². The summed E-state index contributed by atoms with van der Waals surface area (Å²) in [5.41, 5.74) is 9.21. The number of aromatic hydroxyl groups is 1. The van der Waals surface area contributed by atoms with Crippen LogP contribution in [0.4, 0.5) is 0 Å². The third-order valence-electron chi connectivity index (χ3n) is 12.0. The smallest absolute Gasteiger partial charge is 0.314 e. The average Bonchev–Trinajstić information content (AvgIpc) is 3.58. The maximum Gasteiger partial charge on any atom is 0.314 e. The first kappa shape index (κ1) is 42.6. The fraction of sp³-hybridized carbons (Fsp3) is 0.214. The predicted molar refractivity (Wildman–Crippen MR) is 247 cm³/mol. The second-order valence-electron chi connectivity index (χ2n) is 17.5. The third-order valence-corrected chi connectivity index (χ3v) is 12.0. The zero-order valence-electron chi connectivity index (χ0n) is 36.4. The molecule has 0 atom stereocenters. The molecular formula is C56H52O7. The summed E-state index contributed by atoms with van der Waals surface area (Å²) in [5, 5.41) is 9.71. The molecule has 7 nitrogen and oxygen atoms in total. The Kier molecular flexibility index (Phi) is 12.0. The molecule has 1 aliphatic rings. The molecular weight excluding hydrogens is 785 g/mol. The number of hydrogen-bond acceptors (Lipinski definition) is 7. The molecule has 0 amide bonds. The summed E-state index contributed by atoms with van der Waals surface area (Å²) in [6.45, 7) is 11.0. The summed E-state index contributed by atoms with van der Waals surface area (Å²) < 4.78 is 23.4. The quantitative estimate of drug-likeness (QED) is 0.0861. The number of carbonyl (C=O) groups is 2. The van der Waals surface area contributed by atoms with Crippen LogP contribution in [-0.4, -0.2) is 30.3 Å². The standard InChI is InChI=1S/C56H52O7/c1-54(2,3)38-16-30-46(31-17-38)62-52(58)34-36-60-44-26-20-41(21-27-44)56(50-12-8-6-10-48(50)49-11-7-9-13-51(49)56)42-22-28-45(29-23-42)61-37-35-53(59)63-47-32-18-40(19-33-47)55(4,5)39-14-24-43(57)25-15-39/h6-33,57H,34-37H2,1-5H3. The number of phenolic OH excluding ortho intramolecular Hbond substituents is 1. The lowest BCUT2D eigenvalue weighted by Crippen LogP contribution is -2.28. The Morgan fingerprint density at radius 1 is 0.460 bits per heavy atom. The Hall–Kier alpha value is -7.12. The van der Waals surface area contributed by atoms with E-state index in [4.69, 9.17) is 18.9 Å². The van der Waals surface area contributed by atoms with Crippen LogP contribution in [-0.2, 0) is 25.8 Å². The first-order valence-corrected chi connectivity index (χ1v) is 21.4. The van der Waals surface area contributed by atoms with Crippen LogP contribution in [0.5, 0.6) is 28.7 Å². The fourth-order valence-electron chi connectivity index (χ4n) is 8.50. The normalized spacial score (nSPS) is 12.8. The Morgan fingerprint density at radius 2 is 0.825 bits per heavy atom. The van der Waals surface area contributed by atoms with Crippen molar-refractivity contribution >= 4 is 11.9 Å². The van der Waals surface area contributed by atoms with Gasteiger partial charge in [-0.05, 0) is 116 Å². The lowest BCUT2D eigenvalue weighted by Gasteiger charge is -2.34. The van der Waals surface area contributed by atoms with Gasteiger partial charge in [0.05, 0.1) is 31.5 Å². The largest absolute Gasteiger partial charge is 0.508 e. The van der Waals surface area contributed by atoms with E-state index in [1.165, 1.54) is 27.8 Å². The van der Waals surface area contributed by atoms with Gasteiger partial charge in [-0.1, -0.05) is 144 Å². The molecule has 1 aliphatic carbocycles. The molecule has 0 bridgehead atoms. The van der Waals surface area contributed by atoms with Crippen molar-refractivity contribution in [1.82, 2.24) is 0 Å². The van der Waals surface area contributed by atoms with Gasteiger partial charge in [0.2, 0.25) is 0 Å². The number of fused-ring (bicyclic) bond motifs is 3. The Balaban J connectivity index is 0.928. The van der Waals surface area contributed by atoms with Crippen molar-refractivity contribution in [3.63, 3.8) is 0 Å². The van der Waals surface area contributed by atoms with E-state index in [1.807, 2.05) is 72.8 Å². The molecule has 7 aromatic carbocycles. The Labute approximate surface area is 369 Å². The number of rotatable bonds is 14. The SMILES string of the molecule is CC(C)(C)c1ccc(OC(=O)CCOc2ccc(C3(c4ccc(OCCC(=O)Oc5ccc(C(C)(C)c6ccc(O)cc6)cc5)cc4)c4ccccc4-c4ccccc43)cc2)cc1. The van der Waals surface area contributed by atoms with Gasteiger partial charge >= 0.3 is 11.9 Å². The summed E-state index contributed by atoms with van der Waals surface area (Å²) in [6, 6.07) is 55.6. The number of phenols is 1. The minimum Gasteiger partial charge on any atom is -0.508 e. The zero-order valence-corrected chi connectivity index (χ0v) is 36.4. The van der Waals surface area contributed by atoms with Crippen molar-refractivity contribution < 1.29 is 33.6 Å². The minimum atomic E-state index is -0.630. The lowest BCUT2D eigenvalue weighted by molar-refractivity contribution is -0.135. The lowest BCUT2D eigenvalue weighted by atomic mass is 9.68. The average molecular weight is 837 g/mol. The highest BCUT2D eigenvalue weighted by Crippen LogP contribution is 2.56. The van der Waals surface area contributed by atoms with Crippen LogP contribution in [0, 0.1) is 0 Å². The van der Waals surface area contributed by atoms with Crippen molar-refractivity contribution in [1.29, 1.82) is 0 Å². The van der Waals surface area contributed by atoms with Crippen molar-refractivity contribution in [3.05, 3.63) is 209 Å². The van der Waals surface area contributed by atoms with E-state index >= 15 is 0 Å². The first-order chi connectivity index (χ1) is 30.3. The van der Waals surface area contributed by atoms with Crippen LogP contribution in [0.15, 0.2) is 170 Å². The molecule has 0 fully saturated rings. The predicted octanol–water partition coefficient (Wildman–Crippen LogP) is 12.1. The topological polar surface area (TPSA) is 91.3 Å². The van der Waals surface area contributed by atoms with Gasteiger partial charge in [-0.3, -0.25) is 9.59 Å². The molecule has 0 spiro atoms. The Bertz CT molecular complexity index is 2640. The number of benzene rings is 7. The van der Waals surface area contributed by atoms with Gasteiger partial charge < -0.3 is 24.1 Å². The van der Waals surface area contributed by atoms with Gasteiger partial charge in [0.25, 0.3) is 0 Å². The van der Waals surface area contributed by atoms with Gasteiger partial charge in [-0.15, -0.1) is 0 Å². The maximum absolute atomic E-state index is 12.9.